The molecule has 7 heteroatoms. The van der Waals surface area contributed by atoms with E-state index < -0.39 is 11.7 Å². The van der Waals surface area contributed by atoms with E-state index in [1.54, 1.807) is 52.3 Å². The molecule has 2 heterocycles. The Labute approximate surface area is 180 Å². The molecule has 2 amide bonds. The maximum atomic E-state index is 12.9. The van der Waals surface area contributed by atoms with Crippen molar-refractivity contribution in [1.29, 1.82) is 0 Å². The molecule has 4 rings (SSSR count). The highest BCUT2D eigenvalue weighted by Crippen LogP contribution is 2.21. The van der Waals surface area contributed by atoms with Crippen LogP contribution in [0.2, 0.25) is 0 Å². The first-order valence-electron chi connectivity index (χ1n) is 10.2. The van der Waals surface area contributed by atoms with E-state index in [0.717, 1.165) is 11.3 Å². The summed E-state index contributed by atoms with van der Waals surface area (Å²) in [5, 5.41) is 3.86. The molecule has 1 saturated heterocycles. The molecule has 0 bridgehead atoms. The third-order valence-electron chi connectivity index (χ3n) is 5.45. The number of piperazine rings is 1. The van der Waals surface area contributed by atoms with Crippen molar-refractivity contribution in [2.45, 2.75) is 19.9 Å². The zero-order valence-electron chi connectivity index (χ0n) is 17.4. The van der Waals surface area contributed by atoms with Gasteiger partial charge in [-0.3, -0.25) is 14.4 Å². The predicted molar refractivity (Wildman–Crippen MR) is 115 cm³/mol. The maximum absolute atomic E-state index is 12.9. The highest BCUT2D eigenvalue weighted by Gasteiger charge is 2.33. The Kier molecular flexibility index (Phi) is 5.66. The fourth-order valence-electron chi connectivity index (χ4n) is 3.75. The van der Waals surface area contributed by atoms with E-state index in [4.69, 9.17) is 4.52 Å². The van der Waals surface area contributed by atoms with E-state index in [1.165, 1.54) is 0 Å². The SMILES string of the molecule is Cc1cc(-c2ccc(C(=O)C(=O)N3CCN(C(=O)c4ccccc4)C[C@H]3C)cc2)on1. The van der Waals surface area contributed by atoms with Crippen molar-refractivity contribution in [2.75, 3.05) is 19.6 Å². The van der Waals surface area contributed by atoms with Crippen LogP contribution in [0.5, 0.6) is 0 Å². The first-order chi connectivity index (χ1) is 14.9. The van der Waals surface area contributed by atoms with Gasteiger partial charge in [0.1, 0.15) is 0 Å². The van der Waals surface area contributed by atoms with Gasteiger partial charge in [0.2, 0.25) is 5.78 Å². The van der Waals surface area contributed by atoms with Crippen molar-refractivity contribution in [3.8, 4) is 11.3 Å². The van der Waals surface area contributed by atoms with E-state index in [1.807, 2.05) is 32.0 Å². The summed E-state index contributed by atoms with van der Waals surface area (Å²) in [5.74, 6) is -0.572. The smallest absolute Gasteiger partial charge is 0.295 e. The third kappa shape index (κ3) is 4.26. The zero-order chi connectivity index (χ0) is 22.0. The Morgan fingerprint density at radius 1 is 0.968 bits per heavy atom. The number of Topliss-reactive ketones (excluding diaryl/α,β-unsaturated/α-hetero) is 1. The predicted octanol–water partition coefficient (Wildman–Crippen LogP) is 3.21. The van der Waals surface area contributed by atoms with Crippen LogP contribution in [-0.2, 0) is 4.79 Å². The monoisotopic (exact) mass is 417 g/mol. The number of carbonyl (C=O) groups is 3. The topological polar surface area (TPSA) is 83.7 Å². The second kappa shape index (κ2) is 8.55. The number of ketones is 1. The number of carbonyl (C=O) groups excluding carboxylic acids is 3. The average Bonchev–Trinajstić information content (AvgIpc) is 3.24. The molecule has 1 aliphatic heterocycles. The number of benzene rings is 2. The second-order valence-corrected chi connectivity index (χ2v) is 7.70. The van der Waals surface area contributed by atoms with Crippen molar-refractivity contribution in [3.63, 3.8) is 0 Å². The highest BCUT2D eigenvalue weighted by molar-refractivity contribution is 6.42. The molecule has 0 radical (unpaired) electrons. The Morgan fingerprint density at radius 2 is 1.68 bits per heavy atom. The molecular formula is C24H23N3O4. The van der Waals surface area contributed by atoms with E-state index in [9.17, 15) is 14.4 Å². The number of aromatic nitrogens is 1. The zero-order valence-corrected chi connectivity index (χ0v) is 17.4. The van der Waals surface area contributed by atoms with Crippen molar-refractivity contribution in [3.05, 3.63) is 77.5 Å². The third-order valence-corrected chi connectivity index (χ3v) is 5.45. The fourth-order valence-corrected chi connectivity index (χ4v) is 3.75. The largest absolute Gasteiger partial charge is 0.356 e. The Balaban J connectivity index is 1.41. The lowest BCUT2D eigenvalue weighted by Crippen LogP contribution is -2.56. The van der Waals surface area contributed by atoms with Gasteiger partial charge >= 0.3 is 0 Å². The van der Waals surface area contributed by atoms with Crippen molar-refractivity contribution in [2.24, 2.45) is 0 Å². The normalized spacial score (nSPS) is 16.3. The van der Waals surface area contributed by atoms with Gasteiger partial charge in [-0.2, -0.15) is 0 Å². The quantitative estimate of drug-likeness (QED) is 0.481. The average molecular weight is 417 g/mol. The van der Waals surface area contributed by atoms with Gasteiger partial charge in [-0.25, -0.2) is 0 Å². The van der Waals surface area contributed by atoms with Crippen LogP contribution in [-0.4, -0.2) is 58.2 Å². The lowest BCUT2D eigenvalue weighted by Gasteiger charge is -2.39. The van der Waals surface area contributed by atoms with Gasteiger partial charge in [-0.05, 0) is 26.0 Å². The molecule has 1 fully saturated rings. The van der Waals surface area contributed by atoms with Gasteiger partial charge < -0.3 is 14.3 Å². The number of amides is 2. The lowest BCUT2D eigenvalue weighted by molar-refractivity contribution is -0.130. The van der Waals surface area contributed by atoms with Crippen molar-refractivity contribution < 1.29 is 18.9 Å². The van der Waals surface area contributed by atoms with E-state index in [2.05, 4.69) is 5.16 Å². The summed E-state index contributed by atoms with van der Waals surface area (Å²) in [7, 11) is 0. The van der Waals surface area contributed by atoms with Gasteiger partial charge in [0.05, 0.1) is 5.69 Å². The molecule has 0 aliphatic carbocycles. The molecule has 1 aromatic heterocycles. The van der Waals surface area contributed by atoms with E-state index >= 15 is 0 Å². The highest BCUT2D eigenvalue weighted by atomic mass is 16.5. The molecule has 7 nitrogen and oxygen atoms in total. The Bertz CT molecular complexity index is 1110. The summed E-state index contributed by atoms with van der Waals surface area (Å²) in [6, 6.07) is 17.3. The molecule has 3 aromatic rings. The van der Waals surface area contributed by atoms with Crippen LogP contribution in [0.1, 0.15) is 33.3 Å². The minimum absolute atomic E-state index is 0.0656. The Hall–Kier alpha value is -3.74. The van der Waals surface area contributed by atoms with E-state index in [-0.39, 0.29) is 11.9 Å². The van der Waals surface area contributed by atoms with Crippen LogP contribution in [0.4, 0.5) is 0 Å². The molecule has 1 atom stereocenters. The summed E-state index contributed by atoms with van der Waals surface area (Å²) in [4.78, 5) is 41.6. The first kappa shape index (κ1) is 20.5. The lowest BCUT2D eigenvalue weighted by atomic mass is 10.0. The number of hydrogen-bond acceptors (Lipinski definition) is 5. The van der Waals surface area contributed by atoms with Crippen LogP contribution >= 0.6 is 0 Å². The molecule has 1 aliphatic rings. The fraction of sp³-hybridized carbons (Fsp3) is 0.250. The van der Waals surface area contributed by atoms with Gasteiger partial charge in [-0.1, -0.05) is 47.6 Å². The molecule has 2 aromatic carbocycles. The van der Waals surface area contributed by atoms with Gasteiger partial charge in [-0.15, -0.1) is 0 Å². The number of nitrogens with zero attached hydrogens (tertiary/aromatic N) is 3. The Morgan fingerprint density at radius 3 is 2.29 bits per heavy atom. The number of aryl methyl sites for hydroxylation is 1. The summed E-state index contributed by atoms with van der Waals surface area (Å²) < 4.78 is 5.23. The summed E-state index contributed by atoms with van der Waals surface area (Å²) in [5.41, 5.74) is 2.49. The van der Waals surface area contributed by atoms with Gasteiger partial charge in [0, 0.05) is 48.4 Å². The maximum Gasteiger partial charge on any atom is 0.295 e. The summed E-state index contributed by atoms with van der Waals surface area (Å²) in [6.07, 6.45) is 0. The van der Waals surface area contributed by atoms with Crippen molar-refractivity contribution in [1.82, 2.24) is 15.0 Å². The molecule has 0 saturated carbocycles. The summed E-state index contributed by atoms with van der Waals surface area (Å²) >= 11 is 0. The summed E-state index contributed by atoms with van der Waals surface area (Å²) in [6.45, 7) is 4.78. The van der Waals surface area contributed by atoms with Crippen LogP contribution in [0, 0.1) is 6.92 Å². The minimum Gasteiger partial charge on any atom is -0.356 e. The second-order valence-electron chi connectivity index (χ2n) is 7.70. The molecule has 0 unspecified atom stereocenters. The van der Waals surface area contributed by atoms with E-state index in [0.29, 0.717) is 36.5 Å². The number of hydrogen-bond donors (Lipinski definition) is 0. The molecule has 158 valence electrons. The van der Waals surface area contributed by atoms with Crippen LogP contribution < -0.4 is 0 Å². The van der Waals surface area contributed by atoms with Crippen LogP contribution in [0.15, 0.2) is 65.2 Å². The molecule has 31 heavy (non-hydrogen) atoms. The first-order valence-corrected chi connectivity index (χ1v) is 10.2. The number of rotatable bonds is 4. The standard InChI is InChI=1S/C24H23N3O4/c1-16-14-21(31-25-16)18-8-10-19(11-9-18)22(28)24(30)27-13-12-26(15-17(27)2)23(29)20-6-4-3-5-7-20/h3-11,14,17H,12-13,15H2,1-2H3/t17-/m1/s1. The molecule has 0 N–H and O–H groups in total. The van der Waals surface area contributed by atoms with Crippen molar-refractivity contribution >= 4 is 17.6 Å². The van der Waals surface area contributed by atoms with Gasteiger partial charge in [0.15, 0.2) is 5.76 Å². The van der Waals surface area contributed by atoms with Gasteiger partial charge in [0.25, 0.3) is 11.8 Å². The van der Waals surface area contributed by atoms with Crippen LogP contribution in [0.3, 0.4) is 0 Å². The van der Waals surface area contributed by atoms with Crippen LogP contribution in [0.25, 0.3) is 11.3 Å². The minimum atomic E-state index is -0.560. The molecule has 0 spiro atoms. The molecular weight excluding hydrogens is 394 g/mol.